The molecule has 0 fully saturated rings. The largest absolute Gasteiger partial charge is 1.00 e. The van der Waals surface area contributed by atoms with Crippen molar-refractivity contribution in [3.8, 4) is 17.2 Å². The molecule has 0 heterocycles. The van der Waals surface area contributed by atoms with Gasteiger partial charge < -0.3 is 9.84 Å². The fourth-order valence-corrected chi connectivity index (χ4v) is 1.82. The van der Waals surface area contributed by atoms with Gasteiger partial charge in [-0.05, 0) is 31.2 Å². The molecule has 0 saturated heterocycles. The molecular formula is C13H9Cl2NaO2. The number of benzene rings is 2. The Morgan fingerprint density at radius 3 is 2.28 bits per heavy atom. The standard InChI is InChI=1S/C13H10Cl2O2.Na/c1-8-2-4-13(11(16)6-8)17-12-5-3-9(14)7-10(12)15;/h2-7,16H,1H3;/q;+1/p-1. The summed E-state index contributed by atoms with van der Waals surface area (Å²) in [6.07, 6.45) is 0. The molecule has 0 atom stereocenters. The van der Waals surface area contributed by atoms with E-state index in [9.17, 15) is 5.11 Å². The van der Waals surface area contributed by atoms with Crippen molar-refractivity contribution >= 4 is 23.2 Å². The Morgan fingerprint density at radius 1 is 1.00 bits per heavy atom. The predicted molar refractivity (Wildman–Crippen MR) is 67.2 cm³/mol. The minimum Gasteiger partial charge on any atom is -0.870 e. The van der Waals surface area contributed by atoms with Crippen LogP contribution in [-0.2, 0) is 0 Å². The molecule has 0 aliphatic carbocycles. The molecule has 0 aliphatic rings. The van der Waals surface area contributed by atoms with E-state index in [4.69, 9.17) is 27.9 Å². The van der Waals surface area contributed by atoms with E-state index in [1.165, 1.54) is 6.07 Å². The van der Waals surface area contributed by atoms with Gasteiger partial charge in [-0.25, -0.2) is 0 Å². The van der Waals surface area contributed by atoms with E-state index in [-0.39, 0.29) is 41.1 Å². The molecule has 2 rings (SSSR count). The zero-order valence-corrected chi connectivity index (χ0v) is 13.5. The van der Waals surface area contributed by atoms with Crippen LogP contribution in [0.25, 0.3) is 0 Å². The van der Waals surface area contributed by atoms with Crippen LogP contribution in [0.5, 0.6) is 17.2 Å². The van der Waals surface area contributed by atoms with E-state index < -0.39 is 0 Å². The Bertz CT molecular complexity index is 509. The van der Waals surface area contributed by atoms with Crippen LogP contribution >= 0.6 is 23.2 Å². The van der Waals surface area contributed by atoms with Crippen LogP contribution < -0.4 is 39.4 Å². The van der Waals surface area contributed by atoms with Gasteiger partial charge >= 0.3 is 29.6 Å². The molecule has 2 aromatic rings. The van der Waals surface area contributed by atoms with Gasteiger partial charge in [-0.15, -0.1) is 0 Å². The fourth-order valence-electron chi connectivity index (χ4n) is 1.38. The SMILES string of the molecule is Cc1ccc(Oc2ccc(Cl)cc2Cl)c([O-])c1.[Na+]. The number of rotatable bonds is 2. The summed E-state index contributed by atoms with van der Waals surface area (Å²) >= 11 is 11.7. The first-order valence-electron chi connectivity index (χ1n) is 4.97. The first kappa shape index (κ1) is 15.7. The van der Waals surface area contributed by atoms with Crippen molar-refractivity contribution in [2.24, 2.45) is 0 Å². The molecule has 88 valence electrons. The van der Waals surface area contributed by atoms with Gasteiger partial charge in [0.1, 0.15) is 11.5 Å². The van der Waals surface area contributed by atoms with Gasteiger partial charge in [0.2, 0.25) is 0 Å². The fraction of sp³-hybridized carbons (Fsp3) is 0.0769. The summed E-state index contributed by atoms with van der Waals surface area (Å²) in [6.45, 7) is 1.85. The Morgan fingerprint density at radius 2 is 1.67 bits per heavy atom. The van der Waals surface area contributed by atoms with Crippen molar-refractivity contribution < 1.29 is 39.4 Å². The second-order valence-electron chi connectivity index (χ2n) is 3.63. The van der Waals surface area contributed by atoms with E-state index in [0.29, 0.717) is 15.8 Å². The van der Waals surface area contributed by atoms with Crippen molar-refractivity contribution in [2.75, 3.05) is 0 Å². The molecule has 0 aliphatic heterocycles. The Labute approximate surface area is 138 Å². The van der Waals surface area contributed by atoms with E-state index in [0.717, 1.165) is 5.56 Å². The average molecular weight is 291 g/mol. The zero-order valence-electron chi connectivity index (χ0n) is 10.0. The maximum absolute atomic E-state index is 11.6. The second kappa shape index (κ2) is 6.69. The van der Waals surface area contributed by atoms with Crippen molar-refractivity contribution in [3.63, 3.8) is 0 Å². The van der Waals surface area contributed by atoms with Gasteiger partial charge in [0.05, 0.1) is 5.02 Å². The van der Waals surface area contributed by atoms with Crippen LogP contribution in [0, 0.1) is 6.92 Å². The van der Waals surface area contributed by atoms with Crippen LogP contribution in [0.3, 0.4) is 0 Å². The third kappa shape index (κ3) is 3.81. The summed E-state index contributed by atoms with van der Waals surface area (Å²) in [5.41, 5.74) is 0.893. The smallest absolute Gasteiger partial charge is 0.870 e. The summed E-state index contributed by atoms with van der Waals surface area (Å²) in [4.78, 5) is 0. The second-order valence-corrected chi connectivity index (χ2v) is 4.47. The van der Waals surface area contributed by atoms with E-state index in [2.05, 4.69) is 0 Å². The summed E-state index contributed by atoms with van der Waals surface area (Å²) in [5, 5.41) is 12.5. The van der Waals surface area contributed by atoms with Gasteiger partial charge in [-0.3, -0.25) is 0 Å². The summed E-state index contributed by atoms with van der Waals surface area (Å²) in [6, 6.07) is 9.80. The van der Waals surface area contributed by atoms with E-state index in [1.807, 2.05) is 6.92 Å². The summed E-state index contributed by atoms with van der Waals surface area (Å²) in [7, 11) is 0. The molecule has 18 heavy (non-hydrogen) atoms. The molecule has 2 aromatic carbocycles. The van der Waals surface area contributed by atoms with Crippen LogP contribution in [-0.4, -0.2) is 0 Å². The summed E-state index contributed by atoms with van der Waals surface area (Å²) < 4.78 is 5.45. The first-order valence-corrected chi connectivity index (χ1v) is 5.72. The Kier molecular flexibility index (Phi) is 5.83. The van der Waals surface area contributed by atoms with E-state index >= 15 is 0 Å². The maximum atomic E-state index is 11.6. The van der Waals surface area contributed by atoms with Crippen LogP contribution in [0.4, 0.5) is 0 Å². The molecule has 0 spiro atoms. The molecular weight excluding hydrogens is 282 g/mol. The molecule has 0 unspecified atom stereocenters. The third-order valence-corrected chi connectivity index (χ3v) is 2.74. The molecule has 0 bridgehead atoms. The van der Waals surface area contributed by atoms with Crippen molar-refractivity contribution in [3.05, 3.63) is 52.0 Å². The van der Waals surface area contributed by atoms with Crippen LogP contribution in [0.2, 0.25) is 10.0 Å². The van der Waals surface area contributed by atoms with Crippen molar-refractivity contribution in [2.45, 2.75) is 6.92 Å². The van der Waals surface area contributed by atoms with Gasteiger partial charge in [-0.1, -0.05) is 46.6 Å². The summed E-state index contributed by atoms with van der Waals surface area (Å²) in [5.74, 6) is 0.493. The average Bonchev–Trinajstić information content (AvgIpc) is 2.25. The minimum absolute atomic E-state index is 0. The number of hydrogen-bond acceptors (Lipinski definition) is 2. The monoisotopic (exact) mass is 290 g/mol. The van der Waals surface area contributed by atoms with Crippen molar-refractivity contribution in [1.82, 2.24) is 0 Å². The van der Waals surface area contributed by atoms with Crippen molar-refractivity contribution in [1.29, 1.82) is 0 Å². The molecule has 0 amide bonds. The van der Waals surface area contributed by atoms with Gasteiger partial charge in [-0.2, -0.15) is 0 Å². The molecule has 5 heteroatoms. The molecule has 0 radical (unpaired) electrons. The Hall–Kier alpha value is -0.380. The van der Waals surface area contributed by atoms with Gasteiger partial charge in [0.15, 0.2) is 0 Å². The molecule has 0 aromatic heterocycles. The van der Waals surface area contributed by atoms with Gasteiger partial charge in [0, 0.05) is 5.02 Å². The number of halogens is 2. The van der Waals surface area contributed by atoms with E-state index in [1.54, 1.807) is 30.3 Å². The quantitative estimate of drug-likeness (QED) is 0.778. The topological polar surface area (TPSA) is 32.3 Å². The number of aryl methyl sites for hydroxylation is 1. The predicted octanol–water partition coefficient (Wildman–Crippen LogP) is 1.17. The van der Waals surface area contributed by atoms with Crippen LogP contribution in [0.15, 0.2) is 36.4 Å². The molecule has 0 saturated carbocycles. The molecule has 2 nitrogen and oxygen atoms in total. The number of ether oxygens (including phenoxy) is 1. The van der Waals surface area contributed by atoms with Gasteiger partial charge in [0.25, 0.3) is 0 Å². The number of hydrogen-bond donors (Lipinski definition) is 0. The Balaban J connectivity index is 0.00000162. The zero-order chi connectivity index (χ0) is 12.4. The minimum atomic E-state index is -0.170. The normalized spacial score (nSPS) is 9.72. The third-order valence-electron chi connectivity index (χ3n) is 2.21. The van der Waals surface area contributed by atoms with Crippen LogP contribution in [0.1, 0.15) is 5.56 Å². The maximum Gasteiger partial charge on any atom is 1.00 e. The first-order chi connectivity index (χ1) is 8.06. The molecule has 0 N–H and O–H groups in total.